The molecule has 0 saturated heterocycles. The summed E-state index contributed by atoms with van der Waals surface area (Å²) in [6.07, 6.45) is 0. The largest absolute Gasteiger partial charge is 0.395 e. The summed E-state index contributed by atoms with van der Waals surface area (Å²) in [5.74, 6) is 0. The van der Waals surface area contributed by atoms with Crippen molar-refractivity contribution in [3.05, 3.63) is 0 Å². The minimum atomic E-state index is -1.02. The van der Waals surface area contributed by atoms with E-state index < -0.39 is 11.4 Å². The first-order chi connectivity index (χ1) is 5.62. The molecule has 0 unspecified atom stereocenters. The van der Waals surface area contributed by atoms with Crippen LogP contribution in [0.15, 0.2) is 0 Å². The van der Waals surface area contributed by atoms with Crippen LogP contribution in [0, 0.1) is 0 Å². The van der Waals surface area contributed by atoms with Gasteiger partial charge < -0.3 is 21.1 Å². The maximum atomic E-state index is 9.08. The summed E-state index contributed by atoms with van der Waals surface area (Å²) >= 11 is 0. The van der Waals surface area contributed by atoms with Crippen molar-refractivity contribution < 1.29 is 15.3 Å². The molecule has 0 rings (SSSR count). The lowest BCUT2D eigenvalue weighted by Gasteiger charge is -2.28. The third-order valence-electron chi connectivity index (χ3n) is 0.741. The summed E-state index contributed by atoms with van der Waals surface area (Å²) in [5.41, 5.74) is 2.75. The van der Waals surface area contributed by atoms with Gasteiger partial charge in [-0.3, -0.25) is 5.32 Å². The number of aliphatic hydroxyl groups excluding tert-OH is 1. The van der Waals surface area contributed by atoms with Crippen LogP contribution in [0.3, 0.4) is 0 Å². The van der Waals surface area contributed by atoms with Gasteiger partial charge in [-0.1, -0.05) is 0 Å². The SMILES string of the molecule is CC(C)(O)NC(C)(C)O.NCCO. The van der Waals surface area contributed by atoms with Crippen LogP contribution < -0.4 is 11.1 Å². The van der Waals surface area contributed by atoms with E-state index in [9.17, 15) is 0 Å². The van der Waals surface area contributed by atoms with E-state index >= 15 is 0 Å². The molecule has 5 heteroatoms. The Balaban J connectivity index is 0. The number of aliphatic hydroxyl groups is 3. The minimum absolute atomic E-state index is 0.0972. The van der Waals surface area contributed by atoms with Crippen LogP contribution in [-0.2, 0) is 0 Å². The van der Waals surface area contributed by atoms with Gasteiger partial charge >= 0.3 is 0 Å². The Hall–Kier alpha value is -0.200. The van der Waals surface area contributed by atoms with E-state index in [1.54, 1.807) is 27.7 Å². The molecule has 0 spiro atoms. The fraction of sp³-hybridized carbons (Fsp3) is 1.00. The van der Waals surface area contributed by atoms with E-state index in [0.29, 0.717) is 6.54 Å². The van der Waals surface area contributed by atoms with Gasteiger partial charge in [-0.05, 0) is 27.7 Å². The average molecular weight is 194 g/mol. The van der Waals surface area contributed by atoms with Crippen LogP contribution in [0.5, 0.6) is 0 Å². The number of rotatable bonds is 3. The van der Waals surface area contributed by atoms with Gasteiger partial charge in [0.1, 0.15) is 11.4 Å². The molecule has 0 aliphatic carbocycles. The molecular formula is C8H22N2O3. The van der Waals surface area contributed by atoms with E-state index in [1.807, 2.05) is 0 Å². The maximum absolute atomic E-state index is 9.08. The highest BCUT2D eigenvalue weighted by atomic mass is 16.3. The van der Waals surface area contributed by atoms with Crippen molar-refractivity contribution in [2.75, 3.05) is 13.2 Å². The quantitative estimate of drug-likeness (QED) is 0.370. The summed E-state index contributed by atoms with van der Waals surface area (Å²) in [5, 5.41) is 28.5. The second-order valence-electron chi connectivity index (χ2n) is 3.76. The van der Waals surface area contributed by atoms with Crippen LogP contribution >= 0.6 is 0 Å². The Morgan fingerprint density at radius 1 is 1.08 bits per heavy atom. The van der Waals surface area contributed by atoms with E-state index in [2.05, 4.69) is 5.32 Å². The van der Waals surface area contributed by atoms with Crippen molar-refractivity contribution in [1.29, 1.82) is 0 Å². The third kappa shape index (κ3) is 24.5. The molecule has 82 valence electrons. The van der Waals surface area contributed by atoms with Crippen molar-refractivity contribution >= 4 is 0 Å². The molecule has 0 amide bonds. The lowest BCUT2D eigenvalue weighted by molar-refractivity contribution is -0.0634. The van der Waals surface area contributed by atoms with Crippen LogP contribution in [0.25, 0.3) is 0 Å². The van der Waals surface area contributed by atoms with E-state index in [0.717, 1.165) is 0 Å². The van der Waals surface area contributed by atoms with E-state index in [1.165, 1.54) is 0 Å². The summed E-state index contributed by atoms with van der Waals surface area (Å²) in [4.78, 5) is 0. The molecular weight excluding hydrogens is 172 g/mol. The molecule has 0 aromatic carbocycles. The fourth-order valence-corrected chi connectivity index (χ4v) is 0.749. The molecule has 0 fully saturated rings. The standard InChI is InChI=1S/C6H15NO2.C2H7NO/c1-5(2,8)7-6(3,4)9;3-1-2-4/h7-9H,1-4H3;4H,1-3H2. The number of nitrogens with one attached hydrogen (secondary N) is 1. The Bertz CT molecular complexity index is 102. The molecule has 0 saturated carbocycles. The summed E-state index contributed by atoms with van der Waals surface area (Å²) in [6.45, 7) is 6.77. The molecule has 0 heterocycles. The smallest absolute Gasteiger partial charge is 0.112 e. The van der Waals surface area contributed by atoms with Gasteiger partial charge in [-0.2, -0.15) is 0 Å². The predicted molar refractivity (Wildman–Crippen MR) is 51.9 cm³/mol. The predicted octanol–water partition coefficient (Wildman–Crippen LogP) is -1.03. The van der Waals surface area contributed by atoms with Crippen molar-refractivity contribution in [3.63, 3.8) is 0 Å². The molecule has 0 aliphatic heterocycles. The summed E-state index contributed by atoms with van der Waals surface area (Å²) < 4.78 is 0. The molecule has 0 aromatic heterocycles. The van der Waals surface area contributed by atoms with E-state index in [4.69, 9.17) is 21.1 Å². The van der Waals surface area contributed by atoms with Gasteiger partial charge in [0.15, 0.2) is 0 Å². The Morgan fingerprint density at radius 2 is 1.31 bits per heavy atom. The van der Waals surface area contributed by atoms with Crippen LogP contribution in [0.4, 0.5) is 0 Å². The molecule has 0 aliphatic rings. The molecule has 0 atom stereocenters. The Kier molecular flexibility index (Phi) is 7.39. The molecule has 0 radical (unpaired) electrons. The summed E-state index contributed by atoms with van der Waals surface area (Å²) in [6, 6.07) is 0. The fourth-order valence-electron chi connectivity index (χ4n) is 0.749. The highest BCUT2D eigenvalue weighted by molar-refractivity contribution is 4.70. The zero-order valence-electron chi connectivity index (χ0n) is 8.83. The second-order valence-corrected chi connectivity index (χ2v) is 3.76. The van der Waals surface area contributed by atoms with Crippen LogP contribution in [-0.4, -0.2) is 39.9 Å². The molecule has 13 heavy (non-hydrogen) atoms. The highest BCUT2D eigenvalue weighted by Gasteiger charge is 2.21. The number of hydrogen-bond donors (Lipinski definition) is 5. The summed E-state index contributed by atoms with van der Waals surface area (Å²) in [7, 11) is 0. The monoisotopic (exact) mass is 194 g/mol. The van der Waals surface area contributed by atoms with Gasteiger partial charge in [0.2, 0.25) is 0 Å². The zero-order chi connectivity index (χ0) is 11.1. The minimum Gasteiger partial charge on any atom is -0.395 e. The molecule has 0 bridgehead atoms. The normalized spacial score (nSPS) is 12.0. The maximum Gasteiger partial charge on any atom is 0.112 e. The first-order valence-electron chi connectivity index (χ1n) is 4.17. The molecule has 5 nitrogen and oxygen atoms in total. The van der Waals surface area contributed by atoms with Crippen molar-refractivity contribution in [2.45, 2.75) is 39.1 Å². The van der Waals surface area contributed by atoms with Crippen molar-refractivity contribution in [2.24, 2.45) is 5.73 Å². The highest BCUT2D eigenvalue weighted by Crippen LogP contribution is 2.03. The van der Waals surface area contributed by atoms with Crippen molar-refractivity contribution in [1.82, 2.24) is 5.32 Å². The lowest BCUT2D eigenvalue weighted by atomic mass is 10.2. The Labute approximate surface area is 79.6 Å². The topological polar surface area (TPSA) is 98.7 Å². The van der Waals surface area contributed by atoms with Gasteiger partial charge in [0, 0.05) is 6.54 Å². The lowest BCUT2D eigenvalue weighted by Crippen LogP contribution is -2.51. The van der Waals surface area contributed by atoms with E-state index in [-0.39, 0.29) is 6.61 Å². The van der Waals surface area contributed by atoms with Crippen molar-refractivity contribution in [3.8, 4) is 0 Å². The second kappa shape index (κ2) is 6.28. The van der Waals surface area contributed by atoms with Crippen LogP contribution in [0.2, 0.25) is 0 Å². The number of hydrogen-bond acceptors (Lipinski definition) is 5. The Morgan fingerprint density at radius 3 is 1.31 bits per heavy atom. The number of nitrogens with two attached hydrogens (primary N) is 1. The molecule has 0 aromatic rings. The first-order valence-corrected chi connectivity index (χ1v) is 4.17. The van der Waals surface area contributed by atoms with Gasteiger partial charge in [0.25, 0.3) is 0 Å². The third-order valence-corrected chi connectivity index (χ3v) is 0.741. The van der Waals surface area contributed by atoms with Gasteiger partial charge in [0.05, 0.1) is 6.61 Å². The van der Waals surface area contributed by atoms with Gasteiger partial charge in [-0.25, -0.2) is 0 Å². The average Bonchev–Trinajstić information content (AvgIpc) is 1.80. The zero-order valence-corrected chi connectivity index (χ0v) is 8.83. The molecule has 6 N–H and O–H groups in total. The van der Waals surface area contributed by atoms with Gasteiger partial charge in [-0.15, -0.1) is 0 Å². The first kappa shape index (κ1) is 15.3. The van der Waals surface area contributed by atoms with Crippen LogP contribution in [0.1, 0.15) is 27.7 Å².